The van der Waals surface area contributed by atoms with Gasteiger partial charge in [0.25, 0.3) is 0 Å². The molecule has 4 nitrogen and oxygen atoms in total. The zero-order valence-electron chi connectivity index (χ0n) is 11.6. The molecule has 0 bridgehead atoms. The van der Waals surface area contributed by atoms with E-state index in [0.29, 0.717) is 0 Å². The monoisotopic (exact) mass is 285 g/mol. The molecule has 0 radical (unpaired) electrons. The zero-order valence-corrected chi connectivity index (χ0v) is 12.4. The van der Waals surface area contributed by atoms with Crippen molar-refractivity contribution < 1.29 is 4.74 Å². The molecule has 0 atom stereocenters. The summed E-state index contributed by atoms with van der Waals surface area (Å²) in [6, 6.07) is 8.04. The molecule has 20 heavy (non-hydrogen) atoms. The molecule has 2 aromatic heterocycles. The number of methoxy groups -OCH3 is 1. The molecule has 0 aliphatic heterocycles. The summed E-state index contributed by atoms with van der Waals surface area (Å²) in [6.07, 6.45) is 0. The molecule has 0 unspecified atom stereocenters. The number of anilines is 1. The van der Waals surface area contributed by atoms with Gasteiger partial charge in [0.05, 0.1) is 12.5 Å². The number of benzene rings is 1. The predicted molar refractivity (Wildman–Crippen MR) is 83.7 cm³/mol. The van der Waals surface area contributed by atoms with E-state index in [-0.39, 0.29) is 0 Å². The standard InChI is InChI=1S/C15H15N3OS/c1-9-17-14(16-2)13-12(8-20-15(13)18-9)10-4-6-11(19-3)7-5-10/h4-8H,1-3H3,(H,16,17,18). The molecule has 0 amide bonds. The molecule has 0 saturated heterocycles. The highest BCUT2D eigenvalue weighted by Crippen LogP contribution is 2.37. The van der Waals surface area contributed by atoms with Gasteiger partial charge in [-0.15, -0.1) is 11.3 Å². The van der Waals surface area contributed by atoms with Crippen LogP contribution in [0.25, 0.3) is 21.3 Å². The highest BCUT2D eigenvalue weighted by Gasteiger charge is 2.13. The van der Waals surface area contributed by atoms with Crippen LogP contribution in [-0.4, -0.2) is 24.1 Å². The van der Waals surface area contributed by atoms with Gasteiger partial charge >= 0.3 is 0 Å². The topological polar surface area (TPSA) is 47.0 Å². The second-order valence-electron chi connectivity index (χ2n) is 4.43. The van der Waals surface area contributed by atoms with E-state index in [1.54, 1.807) is 18.4 Å². The fourth-order valence-corrected chi connectivity index (χ4v) is 3.21. The average Bonchev–Trinajstić information content (AvgIpc) is 2.90. The maximum absolute atomic E-state index is 5.20. The Morgan fingerprint density at radius 2 is 1.90 bits per heavy atom. The van der Waals surface area contributed by atoms with Crippen LogP contribution in [0.3, 0.4) is 0 Å². The molecule has 0 fully saturated rings. The van der Waals surface area contributed by atoms with E-state index >= 15 is 0 Å². The van der Waals surface area contributed by atoms with Gasteiger partial charge in [0, 0.05) is 18.0 Å². The van der Waals surface area contributed by atoms with Crippen molar-refractivity contribution in [3.63, 3.8) is 0 Å². The van der Waals surface area contributed by atoms with Crippen molar-refractivity contribution in [2.75, 3.05) is 19.5 Å². The number of nitrogens with zero attached hydrogens (tertiary/aromatic N) is 2. The Balaban J connectivity index is 2.20. The number of fused-ring (bicyclic) bond motifs is 1. The van der Waals surface area contributed by atoms with Crippen molar-refractivity contribution in [3.05, 3.63) is 35.5 Å². The van der Waals surface area contributed by atoms with Gasteiger partial charge in [-0.1, -0.05) is 12.1 Å². The summed E-state index contributed by atoms with van der Waals surface area (Å²) < 4.78 is 5.20. The molecule has 102 valence electrons. The Bertz CT molecular complexity index is 750. The van der Waals surface area contributed by atoms with Gasteiger partial charge in [0.15, 0.2) is 0 Å². The molecule has 0 saturated carbocycles. The van der Waals surface area contributed by atoms with E-state index in [0.717, 1.165) is 38.7 Å². The summed E-state index contributed by atoms with van der Waals surface area (Å²) in [6.45, 7) is 1.91. The molecule has 0 aliphatic carbocycles. The summed E-state index contributed by atoms with van der Waals surface area (Å²) in [5.74, 6) is 2.51. The van der Waals surface area contributed by atoms with Gasteiger partial charge in [0.1, 0.15) is 22.2 Å². The summed E-state index contributed by atoms with van der Waals surface area (Å²) in [7, 11) is 3.56. The Morgan fingerprint density at radius 1 is 1.15 bits per heavy atom. The molecular weight excluding hydrogens is 270 g/mol. The second kappa shape index (κ2) is 5.09. The largest absolute Gasteiger partial charge is 0.497 e. The highest BCUT2D eigenvalue weighted by atomic mass is 32.1. The molecule has 0 spiro atoms. The van der Waals surface area contributed by atoms with E-state index in [2.05, 4.69) is 32.8 Å². The minimum Gasteiger partial charge on any atom is -0.497 e. The number of rotatable bonds is 3. The lowest BCUT2D eigenvalue weighted by Gasteiger charge is -2.06. The van der Waals surface area contributed by atoms with E-state index in [1.807, 2.05) is 26.1 Å². The van der Waals surface area contributed by atoms with Crippen LogP contribution < -0.4 is 10.1 Å². The summed E-state index contributed by atoms with van der Waals surface area (Å²) in [5.41, 5.74) is 2.29. The number of nitrogens with one attached hydrogen (secondary N) is 1. The summed E-state index contributed by atoms with van der Waals surface area (Å²) >= 11 is 1.64. The lowest BCUT2D eigenvalue weighted by molar-refractivity contribution is 0.415. The van der Waals surface area contributed by atoms with Crippen molar-refractivity contribution >= 4 is 27.4 Å². The van der Waals surface area contributed by atoms with Crippen LogP contribution in [0.1, 0.15) is 5.82 Å². The molecule has 2 heterocycles. The fourth-order valence-electron chi connectivity index (χ4n) is 2.21. The smallest absolute Gasteiger partial charge is 0.138 e. The second-order valence-corrected chi connectivity index (χ2v) is 5.29. The van der Waals surface area contributed by atoms with Crippen molar-refractivity contribution in [2.45, 2.75) is 6.92 Å². The van der Waals surface area contributed by atoms with Crippen LogP contribution in [0, 0.1) is 6.92 Å². The van der Waals surface area contributed by atoms with Crippen LogP contribution in [0.2, 0.25) is 0 Å². The van der Waals surface area contributed by atoms with Gasteiger partial charge < -0.3 is 10.1 Å². The minimum atomic E-state index is 0.782. The fraction of sp³-hybridized carbons (Fsp3) is 0.200. The average molecular weight is 285 g/mol. The van der Waals surface area contributed by atoms with E-state index < -0.39 is 0 Å². The van der Waals surface area contributed by atoms with E-state index in [1.165, 1.54) is 0 Å². The summed E-state index contributed by atoms with van der Waals surface area (Å²) in [4.78, 5) is 9.99. The number of ether oxygens (including phenoxy) is 1. The SMILES string of the molecule is CNc1nc(C)nc2scc(-c3ccc(OC)cc3)c12. The molecule has 3 aromatic rings. The molecule has 0 aliphatic rings. The first kappa shape index (κ1) is 12.9. The Hall–Kier alpha value is -2.14. The lowest BCUT2D eigenvalue weighted by Crippen LogP contribution is -1.97. The summed E-state index contributed by atoms with van der Waals surface area (Å²) in [5, 5.41) is 6.36. The van der Waals surface area contributed by atoms with Crippen LogP contribution in [0.5, 0.6) is 5.75 Å². The molecule has 3 rings (SSSR count). The van der Waals surface area contributed by atoms with Crippen molar-refractivity contribution in [1.29, 1.82) is 0 Å². The number of aromatic nitrogens is 2. The van der Waals surface area contributed by atoms with E-state index in [9.17, 15) is 0 Å². The Kier molecular flexibility index (Phi) is 3.28. The maximum Gasteiger partial charge on any atom is 0.138 e. The highest BCUT2D eigenvalue weighted by molar-refractivity contribution is 7.17. The Labute approximate surface area is 121 Å². The lowest BCUT2D eigenvalue weighted by atomic mass is 10.1. The van der Waals surface area contributed by atoms with Crippen molar-refractivity contribution in [2.24, 2.45) is 0 Å². The maximum atomic E-state index is 5.20. The van der Waals surface area contributed by atoms with Gasteiger partial charge in [-0.05, 0) is 24.6 Å². The third-order valence-corrected chi connectivity index (χ3v) is 4.06. The van der Waals surface area contributed by atoms with Crippen LogP contribution in [-0.2, 0) is 0 Å². The Morgan fingerprint density at radius 3 is 2.55 bits per heavy atom. The number of hydrogen-bond donors (Lipinski definition) is 1. The molecule has 5 heteroatoms. The third kappa shape index (κ3) is 2.10. The van der Waals surface area contributed by atoms with Gasteiger partial charge in [-0.3, -0.25) is 0 Å². The first-order chi connectivity index (χ1) is 9.72. The zero-order chi connectivity index (χ0) is 14.1. The van der Waals surface area contributed by atoms with Gasteiger partial charge in [-0.2, -0.15) is 0 Å². The quantitative estimate of drug-likeness (QED) is 0.796. The minimum absolute atomic E-state index is 0.782. The van der Waals surface area contributed by atoms with E-state index in [4.69, 9.17) is 4.74 Å². The number of thiophene rings is 1. The van der Waals surface area contributed by atoms with Gasteiger partial charge in [0.2, 0.25) is 0 Å². The number of hydrogen-bond acceptors (Lipinski definition) is 5. The molecular formula is C15H15N3OS. The van der Waals surface area contributed by atoms with Gasteiger partial charge in [-0.25, -0.2) is 9.97 Å². The van der Waals surface area contributed by atoms with Crippen molar-refractivity contribution in [1.82, 2.24) is 9.97 Å². The van der Waals surface area contributed by atoms with Crippen LogP contribution in [0.4, 0.5) is 5.82 Å². The predicted octanol–water partition coefficient (Wildman–Crippen LogP) is 3.72. The number of aryl methyl sites for hydroxylation is 1. The van der Waals surface area contributed by atoms with Crippen LogP contribution in [0.15, 0.2) is 29.6 Å². The molecule has 1 aromatic carbocycles. The normalized spacial score (nSPS) is 10.8. The first-order valence-corrected chi connectivity index (χ1v) is 7.19. The third-order valence-electron chi connectivity index (χ3n) is 3.18. The first-order valence-electron chi connectivity index (χ1n) is 6.31. The molecule has 1 N–H and O–H groups in total. The van der Waals surface area contributed by atoms with Crippen LogP contribution >= 0.6 is 11.3 Å². The van der Waals surface area contributed by atoms with Crippen molar-refractivity contribution in [3.8, 4) is 16.9 Å².